The second-order valence-electron chi connectivity index (χ2n) is 2.71. The fourth-order valence-corrected chi connectivity index (χ4v) is 1.47. The van der Waals surface area contributed by atoms with Crippen LogP contribution in [-0.2, 0) is 6.54 Å². The Morgan fingerprint density at radius 1 is 1.42 bits per heavy atom. The van der Waals surface area contributed by atoms with E-state index in [2.05, 4.69) is 25.6 Å². The zero-order chi connectivity index (χ0) is 7.97. The molecule has 0 radical (unpaired) electrons. The monoisotopic (exact) mass is 158 g/mol. The smallest absolute Gasteiger partial charge is 0.181 e. The molecule has 3 heterocycles. The van der Waals surface area contributed by atoms with Crippen LogP contribution in [0.4, 0.5) is 0 Å². The Morgan fingerprint density at radius 3 is 3.42 bits per heavy atom. The zero-order valence-corrected chi connectivity index (χ0v) is 6.31. The summed E-state index contributed by atoms with van der Waals surface area (Å²) in [6.07, 6.45) is 7.40. The van der Waals surface area contributed by atoms with E-state index in [-0.39, 0.29) is 0 Å². The highest BCUT2D eigenvalue weighted by Crippen LogP contribution is 2.17. The average Bonchev–Trinajstić information content (AvgIpc) is 2.62. The summed E-state index contributed by atoms with van der Waals surface area (Å²) in [5, 5.41) is 0. The third-order valence-electron chi connectivity index (χ3n) is 2.02. The molecular formula is C8H6N4. The van der Waals surface area contributed by atoms with Crippen molar-refractivity contribution < 1.29 is 0 Å². The third kappa shape index (κ3) is 0.592. The maximum absolute atomic E-state index is 4.32. The molecule has 0 amide bonds. The Kier molecular flexibility index (Phi) is 0.935. The molecule has 12 heavy (non-hydrogen) atoms. The lowest BCUT2D eigenvalue weighted by Gasteiger charge is -1.94. The van der Waals surface area contributed by atoms with Gasteiger partial charge in [0.15, 0.2) is 5.65 Å². The van der Waals surface area contributed by atoms with E-state index < -0.39 is 0 Å². The molecule has 58 valence electrons. The van der Waals surface area contributed by atoms with Crippen molar-refractivity contribution in [3.05, 3.63) is 24.4 Å². The molecule has 1 aliphatic heterocycles. The summed E-state index contributed by atoms with van der Waals surface area (Å²) >= 11 is 0. The maximum atomic E-state index is 4.32. The summed E-state index contributed by atoms with van der Waals surface area (Å²) in [6, 6.07) is 0. The van der Waals surface area contributed by atoms with Gasteiger partial charge in [0.2, 0.25) is 0 Å². The summed E-state index contributed by atoms with van der Waals surface area (Å²) in [5.74, 6) is 0.977. The van der Waals surface area contributed by atoms with Crippen molar-refractivity contribution in [1.82, 2.24) is 19.5 Å². The second-order valence-corrected chi connectivity index (χ2v) is 2.71. The van der Waals surface area contributed by atoms with Crippen LogP contribution in [0, 0.1) is 0 Å². The van der Waals surface area contributed by atoms with Gasteiger partial charge in [-0.15, -0.1) is 0 Å². The van der Waals surface area contributed by atoms with E-state index in [0.29, 0.717) is 0 Å². The van der Waals surface area contributed by atoms with Crippen LogP contribution in [0.25, 0.3) is 17.2 Å². The van der Waals surface area contributed by atoms with Crippen molar-refractivity contribution in [2.75, 3.05) is 0 Å². The molecule has 4 nitrogen and oxygen atoms in total. The minimum atomic E-state index is 0.782. The Morgan fingerprint density at radius 2 is 2.42 bits per heavy atom. The Labute approximate surface area is 68.6 Å². The topological polar surface area (TPSA) is 43.6 Å². The number of fused-ring (bicyclic) bond motifs is 3. The van der Waals surface area contributed by atoms with Crippen LogP contribution >= 0.6 is 0 Å². The zero-order valence-electron chi connectivity index (χ0n) is 6.31. The van der Waals surface area contributed by atoms with Gasteiger partial charge in [-0.05, 0) is 6.08 Å². The van der Waals surface area contributed by atoms with E-state index in [4.69, 9.17) is 0 Å². The number of rotatable bonds is 0. The lowest BCUT2D eigenvalue weighted by atomic mass is 10.5. The highest BCUT2D eigenvalue weighted by Gasteiger charge is 2.11. The van der Waals surface area contributed by atoms with Gasteiger partial charge >= 0.3 is 0 Å². The van der Waals surface area contributed by atoms with Gasteiger partial charge in [-0.1, -0.05) is 6.08 Å². The van der Waals surface area contributed by atoms with Crippen molar-refractivity contribution in [2.45, 2.75) is 6.54 Å². The SMILES string of the molecule is C1=Cc2nc3ncncc3n2C1. The van der Waals surface area contributed by atoms with Crippen LogP contribution in [0.1, 0.15) is 5.82 Å². The van der Waals surface area contributed by atoms with Crippen molar-refractivity contribution >= 4 is 17.2 Å². The van der Waals surface area contributed by atoms with E-state index in [1.54, 1.807) is 6.20 Å². The molecule has 0 aromatic carbocycles. The molecule has 3 rings (SSSR count). The Hall–Kier alpha value is -1.71. The molecule has 2 aromatic rings. The molecule has 1 aliphatic rings. The van der Waals surface area contributed by atoms with Crippen molar-refractivity contribution in [2.24, 2.45) is 0 Å². The Bertz CT molecular complexity index is 469. The summed E-state index contributed by atoms with van der Waals surface area (Å²) in [5.41, 5.74) is 1.79. The van der Waals surface area contributed by atoms with Crippen molar-refractivity contribution in [3.8, 4) is 0 Å². The number of hydrogen-bond acceptors (Lipinski definition) is 3. The molecular weight excluding hydrogens is 152 g/mol. The summed E-state index contributed by atoms with van der Waals surface area (Å²) in [7, 11) is 0. The molecule has 0 fully saturated rings. The maximum Gasteiger partial charge on any atom is 0.181 e. The first-order valence-corrected chi connectivity index (χ1v) is 3.78. The number of hydrogen-bond donors (Lipinski definition) is 0. The number of allylic oxidation sites excluding steroid dienone is 1. The van der Waals surface area contributed by atoms with Crippen LogP contribution in [0.15, 0.2) is 18.6 Å². The molecule has 2 aromatic heterocycles. The first-order valence-electron chi connectivity index (χ1n) is 3.78. The van der Waals surface area contributed by atoms with E-state index >= 15 is 0 Å². The molecule has 0 bridgehead atoms. The van der Waals surface area contributed by atoms with Crippen LogP contribution < -0.4 is 0 Å². The Balaban J connectivity index is 2.49. The van der Waals surface area contributed by atoms with Crippen molar-refractivity contribution in [3.63, 3.8) is 0 Å². The lowest BCUT2D eigenvalue weighted by Crippen LogP contribution is -1.92. The molecule has 0 saturated carbocycles. The third-order valence-corrected chi connectivity index (χ3v) is 2.02. The second kappa shape index (κ2) is 1.91. The van der Waals surface area contributed by atoms with Crippen LogP contribution in [-0.4, -0.2) is 19.5 Å². The number of imidazole rings is 1. The van der Waals surface area contributed by atoms with E-state index in [1.807, 2.05) is 6.08 Å². The molecule has 4 heteroatoms. The molecule has 0 unspecified atom stereocenters. The van der Waals surface area contributed by atoms with Gasteiger partial charge in [-0.2, -0.15) is 0 Å². The molecule has 0 N–H and O–H groups in total. The summed E-state index contributed by atoms with van der Waals surface area (Å²) in [4.78, 5) is 12.3. The fraction of sp³-hybridized carbons (Fsp3) is 0.125. The highest BCUT2D eigenvalue weighted by molar-refractivity contribution is 5.73. The summed E-state index contributed by atoms with van der Waals surface area (Å²) in [6.45, 7) is 0.888. The van der Waals surface area contributed by atoms with Gasteiger partial charge in [-0.25, -0.2) is 15.0 Å². The van der Waals surface area contributed by atoms with Crippen molar-refractivity contribution in [1.29, 1.82) is 0 Å². The minimum Gasteiger partial charge on any atom is -0.318 e. The molecule has 0 saturated heterocycles. The first kappa shape index (κ1) is 5.88. The predicted octanol–water partition coefficient (Wildman–Crippen LogP) is 0.853. The van der Waals surface area contributed by atoms with E-state index in [1.165, 1.54) is 6.33 Å². The van der Waals surface area contributed by atoms with Crippen LogP contribution in [0.3, 0.4) is 0 Å². The quantitative estimate of drug-likeness (QED) is 0.571. The van der Waals surface area contributed by atoms with Gasteiger partial charge in [0.1, 0.15) is 17.7 Å². The van der Waals surface area contributed by atoms with Gasteiger partial charge in [-0.3, -0.25) is 0 Å². The van der Waals surface area contributed by atoms with Crippen LogP contribution in [0.2, 0.25) is 0 Å². The van der Waals surface area contributed by atoms with Gasteiger partial charge in [0, 0.05) is 6.54 Å². The number of aromatic nitrogens is 4. The van der Waals surface area contributed by atoms with Gasteiger partial charge < -0.3 is 4.57 Å². The normalized spacial score (nSPS) is 14.0. The summed E-state index contributed by atoms with van der Waals surface area (Å²) < 4.78 is 2.09. The predicted molar refractivity (Wildman–Crippen MR) is 44.4 cm³/mol. The first-order chi connectivity index (χ1) is 5.95. The van der Waals surface area contributed by atoms with Crippen LogP contribution in [0.5, 0.6) is 0 Å². The largest absolute Gasteiger partial charge is 0.318 e. The highest BCUT2D eigenvalue weighted by atomic mass is 15.1. The molecule has 0 aliphatic carbocycles. The van der Waals surface area contributed by atoms with E-state index in [0.717, 1.165) is 23.5 Å². The minimum absolute atomic E-state index is 0.782. The van der Waals surface area contributed by atoms with Gasteiger partial charge in [0.05, 0.1) is 6.20 Å². The molecule has 0 atom stereocenters. The standard InChI is InChI=1S/C8H6N4/c1-2-7-11-8-6(12(7)3-1)4-9-5-10-8/h1-2,4-5H,3H2. The molecule has 0 spiro atoms. The van der Waals surface area contributed by atoms with E-state index in [9.17, 15) is 0 Å². The fourth-order valence-electron chi connectivity index (χ4n) is 1.47. The number of nitrogens with zero attached hydrogens (tertiary/aromatic N) is 4. The lowest BCUT2D eigenvalue weighted by molar-refractivity contribution is 0.865. The average molecular weight is 158 g/mol. The van der Waals surface area contributed by atoms with Gasteiger partial charge in [0.25, 0.3) is 0 Å².